The maximum absolute atomic E-state index is 12.4. The predicted octanol–water partition coefficient (Wildman–Crippen LogP) is 5.86. The fraction of sp³-hybridized carbons (Fsp3) is 0.154. The van der Waals surface area contributed by atoms with Crippen molar-refractivity contribution in [2.45, 2.75) is 20.5 Å². The smallest absolute Gasteiger partial charge is 0.264 e. The van der Waals surface area contributed by atoms with Gasteiger partial charge in [0.25, 0.3) is 5.91 Å². The van der Waals surface area contributed by atoms with E-state index in [1.54, 1.807) is 0 Å². The number of nitrogens with one attached hydrogen (secondary N) is 1. The zero-order chi connectivity index (χ0) is 22.3. The zero-order valence-corrected chi connectivity index (χ0v) is 18.8. The molecule has 1 fully saturated rings. The summed E-state index contributed by atoms with van der Waals surface area (Å²) in [5.74, 6) is 1.15. The van der Waals surface area contributed by atoms with E-state index in [9.17, 15) is 4.79 Å². The summed E-state index contributed by atoms with van der Waals surface area (Å²) in [6.45, 7) is 4.93. The van der Waals surface area contributed by atoms with Crippen LogP contribution in [0.4, 0.5) is 5.69 Å². The molecule has 1 N–H and O–H groups in total. The lowest BCUT2D eigenvalue weighted by atomic mass is 10.2. The lowest BCUT2D eigenvalue weighted by molar-refractivity contribution is -0.115. The van der Waals surface area contributed by atoms with Crippen LogP contribution in [0.5, 0.6) is 11.5 Å². The number of amidine groups is 1. The number of carbonyl (C=O) groups excluding carboxylic acids is 1. The lowest BCUT2D eigenvalue weighted by Crippen LogP contribution is -2.19. The number of rotatable bonds is 7. The number of hydrogen-bond donors (Lipinski definition) is 1. The van der Waals surface area contributed by atoms with Crippen molar-refractivity contribution in [2.24, 2.45) is 4.99 Å². The van der Waals surface area contributed by atoms with Gasteiger partial charge in [-0.2, -0.15) is 0 Å². The molecule has 0 saturated carbocycles. The van der Waals surface area contributed by atoms with Gasteiger partial charge in [-0.15, -0.1) is 0 Å². The van der Waals surface area contributed by atoms with Crippen molar-refractivity contribution in [1.29, 1.82) is 0 Å². The quantitative estimate of drug-likeness (QED) is 0.464. The lowest BCUT2D eigenvalue weighted by Gasteiger charge is -2.13. The minimum atomic E-state index is -0.164. The van der Waals surface area contributed by atoms with Crippen molar-refractivity contribution in [3.63, 3.8) is 0 Å². The third-order valence-electron chi connectivity index (χ3n) is 4.72. The van der Waals surface area contributed by atoms with Gasteiger partial charge in [0, 0.05) is 0 Å². The van der Waals surface area contributed by atoms with Crippen LogP contribution in [0.15, 0.2) is 82.7 Å². The Morgan fingerprint density at radius 1 is 0.969 bits per heavy atom. The molecule has 1 saturated heterocycles. The van der Waals surface area contributed by atoms with Gasteiger partial charge in [0.05, 0.1) is 17.2 Å². The highest BCUT2D eigenvalue weighted by molar-refractivity contribution is 8.18. The normalized spacial score (nSPS) is 15.8. The average molecular weight is 445 g/mol. The van der Waals surface area contributed by atoms with Gasteiger partial charge in [0.1, 0.15) is 6.61 Å². The second kappa shape index (κ2) is 10.2. The molecule has 1 heterocycles. The first-order valence-electron chi connectivity index (χ1n) is 10.4. The molecule has 32 heavy (non-hydrogen) atoms. The maximum atomic E-state index is 12.4. The summed E-state index contributed by atoms with van der Waals surface area (Å²) in [5, 5.41) is 3.39. The van der Waals surface area contributed by atoms with E-state index in [2.05, 4.69) is 10.3 Å². The molecule has 1 aliphatic rings. The van der Waals surface area contributed by atoms with Crippen molar-refractivity contribution in [1.82, 2.24) is 5.32 Å². The highest BCUT2D eigenvalue weighted by atomic mass is 32.2. The molecule has 1 aliphatic heterocycles. The van der Waals surface area contributed by atoms with Crippen LogP contribution in [0.3, 0.4) is 0 Å². The zero-order valence-electron chi connectivity index (χ0n) is 18.0. The van der Waals surface area contributed by atoms with Crippen molar-refractivity contribution >= 4 is 34.6 Å². The number of nitrogens with zero attached hydrogens (tertiary/aromatic N) is 1. The Balaban J connectivity index is 1.50. The summed E-state index contributed by atoms with van der Waals surface area (Å²) < 4.78 is 11.7. The van der Waals surface area contributed by atoms with Crippen LogP contribution in [0.2, 0.25) is 0 Å². The molecular weight excluding hydrogens is 420 g/mol. The molecule has 0 radical (unpaired) electrons. The molecule has 0 unspecified atom stereocenters. The second-order valence-electron chi connectivity index (χ2n) is 7.23. The highest BCUT2D eigenvalue weighted by Gasteiger charge is 2.24. The second-order valence-corrected chi connectivity index (χ2v) is 8.26. The van der Waals surface area contributed by atoms with Crippen LogP contribution in [-0.2, 0) is 11.4 Å². The highest BCUT2D eigenvalue weighted by Crippen LogP contribution is 2.33. The maximum Gasteiger partial charge on any atom is 0.264 e. The third kappa shape index (κ3) is 5.59. The van der Waals surface area contributed by atoms with E-state index in [1.807, 2.05) is 92.7 Å². The topological polar surface area (TPSA) is 59.9 Å². The molecule has 0 atom stereocenters. The number of ether oxygens (including phenoxy) is 2. The molecule has 5 nitrogen and oxygen atoms in total. The number of hydrogen-bond acceptors (Lipinski definition) is 5. The first-order chi connectivity index (χ1) is 15.6. The van der Waals surface area contributed by atoms with Gasteiger partial charge in [-0.3, -0.25) is 4.79 Å². The van der Waals surface area contributed by atoms with E-state index in [4.69, 9.17) is 9.47 Å². The summed E-state index contributed by atoms with van der Waals surface area (Å²) in [5.41, 5.74) is 3.91. The molecule has 0 bridgehead atoms. The number of thioether (sulfide) groups is 1. The Kier molecular flexibility index (Phi) is 6.92. The van der Waals surface area contributed by atoms with Gasteiger partial charge in [-0.1, -0.05) is 54.1 Å². The van der Waals surface area contributed by atoms with E-state index in [-0.39, 0.29) is 5.91 Å². The summed E-state index contributed by atoms with van der Waals surface area (Å²) in [7, 11) is 0. The minimum absolute atomic E-state index is 0.164. The van der Waals surface area contributed by atoms with Gasteiger partial charge in [-0.05, 0) is 67.1 Å². The molecular formula is C26H24N2O3S. The number of aryl methyl sites for hydroxylation is 1. The van der Waals surface area contributed by atoms with Crippen molar-refractivity contribution < 1.29 is 14.3 Å². The largest absolute Gasteiger partial charge is 0.490 e. The van der Waals surface area contributed by atoms with E-state index < -0.39 is 0 Å². The number of carbonyl (C=O) groups is 1. The van der Waals surface area contributed by atoms with Crippen LogP contribution >= 0.6 is 11.8 Å². The van der Waals surface area contributed by atoms with Crippen LogP contribution in [0, 0.1) is 6.92 Å². The Labute approximate surface area is 192 Å². The number of amides is 1. The minimum Gasteiger partial charge on any atom is -0.490 e. The molecule has 0 spiro atoms. The van der Waals surface area contributed by atoms with Gasteiger partial charge in [0.2, 0.25) is 0 Å². The van der Waals surface area contributed by atoms with Gasteiger partial charge >= 0.3 is 0 Å². The number of benzene rings is 3. The molecule has 6 heteroatoms. The molecule has 3 aromatic rings. The summed E-state index contributed by atoms with van der Waals surface area (Å²) in [6, 6.07) is 23.5. The van der Waals surface area contributed by atoms with E-state index in [0.717, 1.165) is 16.8 Å². The van der Waals surface area contributed by atoms with Gasteiger partial charge < -0.3 is 14.8 Å². The number of aliphatic imine (C=N–C) groups is 1. The summed E-state index contributed by atoms with van der Waals surface area (Å²) in [4.78, 5) is 17.5. The predicted molar refractivity (Wildman–Crippen MR) is 130 cm³/mol. The summed E-state index contributed by atoms with van der Waals surface area (Å²) >= 11 is 1.32. The third-order valence-corrected chi connectivity index (χ3v) is 5.63. The standard InChI is InChI=1S/C26H24N2O3S/c1-3-30-23-15-20(11-14-22(23)31-17-19-7-5-4-6-8-19)16-24-25(29)28-26(32-24)27-21-12-9-18(2)10-13-21/h4-16H,3,17H2,1-2H3,(H,27,28,29). The fourth-order valence-electron chi connectivity index (χ4n) is 3.11. The Morgan fingerprint density at radius 2 is 1.75 bits per heavy atom. The Hall–Kier alpha value is -3.51. The van der Waals surface area contributed by atoms with Crippen LogP contribution in [-0.4, -0.2) is 17.7 Å². The first-order valence-corrected chi connectivity index (χ1v) is 11.2. The van der Waals surface area contributed by atoms with E-state index in [1.165, 1.54) is 17.3 Å². The van der Waals surface area contributed by atoms with E-state index >= 15 is 0 Å². The van der Waals surface area contributed by atoms with Crippen molar-refractivity contribution in [3.05, 3.63) is 94.4 Å². The molecule has 0 aliphatic carbocycles. The SMILES string of the molecule is CCOc1cc(C=C2SC(=Nc3ccc(C)cc3)NC2=O)ccc1OCc1ccccc1. The van der Waals surface area contributed by atoms with Gasteiger partial charge in [0.15, 0.2) is 16.7 Å². The van der Waals surface area contributed by atoms with Crippen molar-refractivity contribution in [3.8, 4) is 11.5 Å². The monoisotopic (exact) mass is 444 g/mol. The van der Waals surface area contributed by atoms with Crippen LogP contribution in [0.25, 0.3) is 6.08 Å². The Morgan fingerprint density at radius 3 is 2.50 bits per heavy atom. The molecule has 0 aromatic heterocycles. The molecule has 3 aromatic carbocycles. The first kappa shape index (κ1) is 21.7. The van der Waals surface area contributed by atoms with Crippen LogP contribution < -0.4 is 14.8 Å². The molecule has 162 valence electrons. The fourth-order valence-corrected chi connectivity index (χ4v) is 3.95. The molecule has 4 rings (SSSR count). The van der Waals surface area contributed by atoms with Crippen LogP contribution in [0.1, 0.15) is 23.6 Å². The average Bonchev–Trinajstić information content (AvgIpc) is 3.14. The Bertz CT molecular complexity index is 1160. The van der Waals surface area contributed by atoms with E-state index in [0.29, 0.717) is 34.8 Å². The van der Waals surface area contributed by atoms with Crippen molar-refractivity contribution in [2.75, 3.05) is 6.61 Å². The summed E-state index contributed by atoms with van der Waals surface area (Å²) in [6.07, 6.45) is 1.83. The molecule has 1 amide bonds. The van der Waals surface area contributed by atoms with Gasteiger partial charge in [-0.25, -0.2) is 4.99 Å².